The van der Waals surface area contributed by atoms with Gasteiger partial charge in [-0.15, -0.1) is 0 Å². The molecule has 0 aliphatic rings. The fourth-order valence-electron chi connectivity index (χ4n) is 2.27. The number of rotatable bonds is 3. The van der Waals surface area contributed by atoms with Gasteiger partial charge in [0.05, 0.1) is 22.2 Å². The van der Waals surface area contributed by atoms with E-state index in [1.165, 1.54) is 0 Å². The number of nitrogens with one attached hydrogen (secondary N) is 2. The Morgan fingerprint density at radius 1 is 1.09 bits per heavy atom. The zero-order chi connectivity index (χ0) is 15.7. The molecule has 1 aromatic heterocycles. The van der Waals surface area contributed by atoms with Crippen LogP contribution in [0.3, 0.4) is 0 Å². The highest BCUT2D eigenvalue weighted by Gasteiger charge is 2.12. The van der Waals surface area contributed by atoms with E-state index in [1.54, 1.807) is 30.5 Å². The maximum absolute atomic E-state index is 12.2. The summed E-state index contributed by atoms with van der Waals surface area (Å²) in [5.41, 5.74) is 2.22. The van der Waals surface area contributed by atoms with Crippen LogP contribution in [0.1, 0.15) is 5.56 Å². The normalized spacial score (nSPS) is 10.9. The van der Waals surface area contributed by atoms with Crippen LogP contribution in [0.25, 0.3) is 10.9 Å². The van der Waals surface area contributed by atoms with Crippen LogP contribution in [0.15, 0.2) is 42.6 Å². The molecule has 0 aliphatic heterocycles. The summed E-state index contributed by atoms with van der Waals surface area (Å²) in [6.45, 7) is 0. The predicted molar refractivity (Wildman–Crippen MR) is 92.1 cm³/mol. The average molecular weight is 354 g/mol. The molecule has 0 bridgehead atoms. The summed E-state index contributed by atoms with van der Waals surface area (Å²) < 4.78 is 0. The Bertz CT molecular complexity index is 837. The monoisotopic (exact) mass is 352 g/mol. The Morgan fingerprint density at radius 3 is 2.55 bits per heavy atom. The molecule has 0 saturated heterocycles. The Labute approximate surface area is 142 Å². The second kappa shape index (κ2) is 6.21. The number of anilines is 1. The molecule has 6 heteroatoms. The molecule has 0 atom stereocenters. The highest BCUT2D eigenvalue weighted by atomic mass is 35.5. The zero-order valence-electron chi connectivity index (χ0n) is 11.3. The third kappa shape index (κ3) is 3.07. The number of hydrogen-bond acceptors (Lipinski definition) is 1. The van der Waals surface area contributed by atoms with Gasteiger partial charge in [-0.05, 0) is 35.9 Å². The largest absolute Gasteiger partial charge is 0.361 e. The number of carbonyl (C=O) groups excluding carboxylic acids is 1. The Hall–Kier alpha value is -1.68. The van der Waals surface area contributed by atoms with E-state index >= 15 is 0 Å². The first-order chi connectivity index (χ1) is 10.5. The van der Waals surface area contributed by atoms with Crippen molar-refractivity contribution < 1.29 is 4.79 Å². The minimum Gasteiger partial charge on any atom is -0.361 e. The van der Waals surface area contributed by atoms with Gasteiger partial charge < -0.3 is 10.3 Å². The summed E-state index contributed by atoms with van der Waals surface area (Å²) in [5, 5.41) is 5.11. The fourth-order valence-corrected chi connectivity index (χ4v) is 2.93. The summed E-state index contributed by atoms with van der Waals surface area (Å²) in [6, 6.07) is 10.6. The molecule has 0 saturated carbocycles. The van der Waals surface area contributed by atoms with Crippen LogP contribution in [0, 0.1) is 0 Å². The Balaban J connectivity index is 1.83. The molecular weight excluding hydrogens is 343 g/mol. The van der Waals surface area contributed by atoms with Gasteiger partial charge in [0.2, 0.25) is 5.91 Å². The van der Waals surface area contributed by atoms with Gasteiger partial charge in [0.1, 0.15) is 0 Å². The molecular formula is C16H11Cl3N2O. The van der Waals surface area contributed by atoms with Crippen LogP contribution in [0.2, 0.25) is 15.1 Å². The van der Waals surface area contributed by atoms with Crippen LogP contribution >= 0.6 is 34.8 Å². The summed E-state index contributed by atoms with van der Waals surface area (Å²) in [7, 11) is 0. The van der Waals surface area contributed by atoms with Gasteiger partial charge in [-0.25, -0.2) is 0 Å². The lowest BCUT2D eigenvalue weighted by Gasteiger charge is -2.08. The van der Waals surface area contributed by atoms with Gasteiger partial charge in [-0.3, -0.25) is 4.79 Å². The van der Waals surface area contributed by atoms with Crippen LogP contribution in [-0.4, -0.2) is 10.9 Å². The third-order valence-electron chi connectivity index (χ3n) is 3.31. The molecule has 22 heavy (non-hydrogen) atoms. The maximum atomic E-state index is 12.2. The van der Waals surface area contributed by atoms with E-state index in [-0.39, 0.29) is 12.3 Å². The summed E-state index contributed by atoms with van der Waals surface area (Å²) >= 11 is 18.1. The van der Waals surface area contributed by atoms with E-state index in [4.69, 9.17) is 34.8 Å². The van der Waals surface area contributed by atoms with Gasteiger partial charge in [-0.2, -0.15) is 0 Å². The molecule has 0 spiro atoms. The van der Waals surface area contributed by atoms with Crippen LogP contribution < -0.4 is 5.32 Å². The predicted octanol–water partition coefficient (Wildman–Crippen LogP) is 5.31. The number of para-hydroxylation sites is 1. The zero-order valence-corrected chi connectivity index (χ0v) is 13.6. The minimum absolute atomic E-state index is 0.196. The lowest BCUT2D eigenvalue weighted by Crippen LogP contribution is -2.14. The summed E-state index contributed by atoms with van der Waals surface area (Å²) in [5.74, 6) is -0.198. The van der Waals surface area contributed by atoms with Crippen molar-refractivity contribution in [2.24, 2.45) is 0 Å². The summed E-state index contributed by atoms with van der Waals surface area (Å²) in [4.78, 5) is 15.4. The van der Waals surface area contributed by atoms with Crippen LogP contribution in [0.5, 0.6) is 0 Å². The van der Waals surface area contributed by atoms with E-state index in [0.717, 1.165) is 16.5 Å². The number of aromatic nitrogens is 1. The first kappa shape index (κ1) is 15.2. The van der Waals surface area contributed by atoms with Crippen molar-refractivity contribution in [3.05, 3.63) is 63.2 Å². The number of H-pyrrole nitrogens is 1. The molecule has 2 aromatic carbocycles. The van der Waals surface area contributed by atoms with Crippen molar-refractivity contribution >= 4 is 57.3 Å². The summed E-state index contributed by atoms with van der Waals surface area (Å²) in [6.07, 6.45) is 2.00. The SMILES string of the molecule is O=C(Cc1c[nH]c2ccc(Cl)cc12)Nc1c(Cl)cccc1Cl. The van der Waals surface area contributed by atoms with E-state index in [2.05, 4.69) is 10.3 Å². The molecule has 2 N–H and O–H groups in total. The number of benzene rings is 2. The van der Waals surface area contributed by atoms with Gasteiger partial charge >= 0.3 is 0 Å². The van der Waals surface area contributed by atoms with Gasteiger partial charge in [0.15, 0.2) is 0 Å². The fraction of sp³-hybridized carbons (Fsp3) is 0.0625. The van der Waals surface area contributed by atoms with E-state index in [9.17, 15) is 4.79 Å². The first-order valence-electron chi connectivity index (χ1n) is 6.54. The maximum Gasteiger partial charge on any atom is 0.228 e. The van der Waals surface area contributed by atoms with Gasteiger partial charge in [0, 0.05) is 22.1 Å². The van der Waals surface area contributed by atoms with Gasteiger partial charge in [-0.1, -0.05) is 40.9 Å². The standard InChI is InChI=1S/C16H11Cl3N2O/c17-10-4-5-14-11(7-10)9(8-20-14)6-15(22)21-16-12(18)2-1-3-13(16)19/h1-5,7-8,20H,6H2,(H,21,22). The average Bonchev–Trinajstić information content (AvgIpc) is 2.85. The molecule has 0 aliphatic carbocycles. The molecule has 3 aromatic rings. The number of hydrogen-bond donors (Lipinski definition) is 2. The number of fused-ring (bicyclic) bond motifs is 1. The van der Waals surface area contributed by atoms with E-state index in [0.29, 0.717) is 20.8 Å². The smallest absolute Gasteiger partial charge is 0.228 e. The van der Waals surface area contributed by atoms with Crippen LogP contribution in [-0.2, 0) is 11.2 Å². The van der Waals surface area contributed by atoms with Crippen molar-refractivity contribution in [1.82, 2.24) is 4.98 Å². The lowest BCUT2D eigenvalue weighted by molar-refractivity contribution is -0.115. The van der Waals surface area contributed by atoms with E-state index < -0.39 is 0 Å². The number of aromatic amines is 1. The molecule has 112 valence electrons. The van der Waals surface area contributed by atoms with Crippen molar-refractivity contribution in [2.75, 3.05) is 5.32 Å². The Morgan fingerprint density at radius 2 is 1.82 bits per heavy atom. The quantitative estimate of drug-likeness (QED) is 0.658. The highest BCUT2D eigenvalue weighted by Crippen LogP contribution is 2.30. The molecule has 3 nitrogen and oxygen atoms in total. The molecule has 0 fully saturated rings. The van der Waals surface area contributed by atoms with E-state index in [1.807, 2.05) is 12.1 Å². The van der Waals surface area contributed by atoms with Crippen molar-refractivity contribution in [1.29, 1.82) is 0 Å². The second-order valence-electron chi connectivity index (χ2n) is 4.83. The Kier molecular flexibility index (Phi) is 4.30. The first-order valence-corrected chi connectivity index (χ1v) is 7.67. The van der Waals surface area contributed by atoms with Crippen LogP contribution in [0.4, 0.5) is 5.69 Å². The number of carbonyl (C=O) groups is 1. The third-order valence-corrected chi connectivity index (χ3v) is 4.17. The van der Waals surface area contributed by atoms with Crippen molar-refractivity contribution in [2.45, 2.75) is 6.42 Å². The second-order valence-corrected chi connectivity index (χ2v) is 6.08. The molecule has 0 radical (unpaired) electrons. The van der Waals surface area contributed by atoms with Crippen molar-refractivity contribution in [3.8, 4) is 0 Å². The minimum atomic E-state index is -0.198. The molecule has 1 amide bonds. The number of amides is 1. The molecule has 3 rings (SSSR count). The van der Waals surface area contributed by atoms with Gasteiger partial charge in [0.25, 0.3) is 0 Å². The lowest BCUT2D eigenvalue weighted by atomic mass is 10.1. The topological polar surface area (TPSA) is 44.9 Å². The number of halogens is 3. The highest BCUT2D eigenvalue weighted by molar-refractivity contribution is 6.39. The molecule has 1 heterocycles. The van der Waals surface area contributed by atoms with Crippen molar-refractivity contribution in [3.63, 3.8) is 0 Å². The molecule has 0 unspecified atom stereocenters.